The molecular formula is C12H16N2O2S2. The fourth-order valence-electron chi connectivity index (χ4n) is 1.45. The fourth-order valence-corrected chi connectivity index (χ4v) is 3.63. The third-order valence-corrected chi connectivity index (χ3v) is 5.02. The van der Waals surface area contributed by atoms with Gasteiger partial charge in [0.2, 0.25) is 10.0 Å². The molecule has 0 saturated carbocycles. The van der Waals surface area contributed by atoms with Gasteiger partial charge < -0.3 is 0 Å². The number of benzene rings is 1. The van der Waals surface area contributed by atoms with Gasteiger partial charge in [0, 0.05) is 11.8 Å². The third-order valence-electron chi connectivity index (χ3n) is 2.23. The normalized spacial score (nSPS) is 12.9. The quantitative estimate of drug-likeness (QED) is 0.867. The van der Waals surface area contributed by atoms with Gasteiger partial charge in [-0.3, -0.25) is 0 Å². The van der Waals surface area contributed by atoms with Crippen molar-refractivity contribution in [2.45, 2.75) is 24.8 Å². The highest BCUT2D eigenvalue weighted by Gasteiger charge is 2.20. The molecule has 0 bridgehead atoms. The Morgan fingerprint density at radius 2 is 2.11 bits per heavy atom. The molecule has 1 rings (SSSR count). The minimum atomic E-state index is -3.62. The Morgan fingerprint density at radius 3 is 2.72 bits per heavy atom. The first-order valence-electron chi connectivity index (χ1n) is 5.60. The second-order valence-corrected chi connectivity index (χ2v) is 6.79. The summed E-state index contributed by atoms with van der Waals surface area (Å²) >= 11 is 1.67. The van der Waals surface area contributed by atoms with E-state index in [0.717, 1.165) is 5.75 Å². The van der Waals surface area contributed by atoms with Crippen molar-refractivity contribution >= 4 is 21.8 Å². The standard InChI is InChI=1S/C12H16N2O2S2/c1-3-17-9-10(2)14-18(15,16)12-7-5-4-6-11(12)8-13/h4-7,10,14H,3,9H2,1-2H3. The number of rotatable bonds is 6. The maximum absolute atomic E-state index is 12.1. The highest BCUT2D eigenvalue weighted by atomic mass is 32.2. The van der Waals surface area contributed by atoms with Gasteiger partial charge in [-0.1, -0.05) is 19.1 Å². The van der Waals surface area contributed by atoms with Crippen molar-refractivity contribution in [3.63, 3.8) is 0 Å². The van der Waals surface area contributed by atoms with Gasteiger partial charge in [-0.2, -0.15) is 17.0 Å². The van der Waals surface area contributed by atoms with Gasteiger partial charge in [-0.05, 0) is 24.8 Å². The molecule has 0 fully saturated rings. The van der Waals surface area contributed by atoms with Crippen LogP contribution in [0.25, 0.3) is 0 Å². The Labute approximate surface area is 112 Å². The SMILES string of the molecule is CCSCC(C)NS(=O)(=O)c1ccccc1C#N. The van der Waals surface area contributed by atoms with E-state index in [1.54, 1.807) is 23.9 Å². The van der Waals surface area contributed by atoms with E-state index >= 15 is 0 Å². The van der Waals surface area contributed by atoms with Crippen LogP contribution >= 0.6 is 11.8 Å². The topological polar surface area (TPSA) is 70.0 Å². The van der Waals surface area contributed by atoms with Crippen molar-refractivity contribution in [2.75, 3.05) is 11.5 Å². The second-order valence-electron chi connectivity index (χ2n) is 3.79. The van der Waals surface area contributed by atoms with E-state index in [9.17, 15) is 8.42 Å². The third kappa shape index (κ3) is 4.02. The van der Waals surface area contributed by atoms with Crippen LogP contribution in [-0.4, -0.2) is 26.0 Å². The minimum Gasteiger partial charge on any atom is -0.207 e. The molecular weight excluding hydrogens is 268 g/mol. The maximum Gasteiger partial charge on any atom is 0.242 e. The molecule has 1 atom stereocenters. The summed E-state index contributed by atoms with van der Waals surface area (Å²) in [5, 5.41) is 8.91. The molecule has 1 aromatic rings. The lowest BCUT2D eigenvalue weighted by Crippen LogP contribution is -2.34. The molecule has 0 aliphatic rings. The first-order chi connectivity index (χ1) is 8.51. The first-order valence-corrected chi connectivity index (χ1v) is 8.24. The summed E-state index contributed by atoms with van der Waals surface area (Å²) in [5.74, 6) is 1.66. The first kappa shape index (κ1) is 15.0. The molecule has 4 nitrogen and oxygen atoms in total. The van der Waals surface area contributed by atoms with E-state index in [0.29, 0.717) is 5.75 Å². The van der Waals surface area contributed by atoms with Crippen LogP contribution in [0.15, 0.2) is 29.2 Å². The molecule has 0 aromatic heterocycles. The van der Waals surface area contributed by atoms with Gasteiger partial charge in [-0.25, -0.2) is 13.1 Å². The molecule has 1 aromatic carbocycles. The second kappa shape index (κ2) is 6.78. The Kier molecular flexibility index (Phi) is 5.66. The Hall–Kier alpha value is -1.03. The number of hydrogen-bond acceptors (Lipinski definition) is 4. The molecule has 0 aliphatic heterocycles. The molecule has 1 unspecified atom stereocenters. The van der Waals surface area contributed by atoms with Crippen molar-refractivity contribution in [1.82, 2.24) is 4.72 Å². The average molecular weight is 284 g/mol. The van der Waals surface area contributed by atoms with Crippen LogP contribution < -0.4 is 4.72 Å². The van der Waals surface area contributed by atoms with E-state index in [-0.39, 0.29) is 16.5 Å². The van der Waals surface area contributed by atoms with Crippen molar-refractivity contribution in [1.29, 1.82) is 5.26 Å². The summed E-state index contributed by atoms with van der Waals surface area (Å²) in [6.07, 6.45) is 0. The summed E-state index contributed by atoms with van der Waals surface area (Å²) in [7, 11) is -3.62. The van der Waals surface area contributed by atoms with Crippen LogP contribution in [0.3, 0.4) is 0 Å². The van der Waals surface area contributed by atoms with Crippen LogP contribution in [0.4, 0.5) is 0 Å². The Morgan fingerprint density at radius 1 is 1.44 bits per heavy atom. The number of nitriles is 1. The van der Waals surface area contributed by atoms with Crippen LogP contribution in [-0.2, 0) is 10.0 Å². The number of nitrogens with zero attached hydrogens (tertiary/aromatic N) is 1. The molecule has 0 radical (unpaired) electrons. The minimum absolute atomic E-state index is 0.0425. The van der Waals surface area contributed by atoms with Crippen LogP contribution in [0.2, 0.25) is 0 Å². The summed E-state index contributed by atoms with van der Waals surface area (Å²) in [6, 6.07) is 7.94. The molecule has 0 heterocycles. The summed E-state index contributed by atoms with van der Waals surface area (Å²) in [4.78, 5) is 0.0425. The summed E-state index contributed by atoms with van der Waals surface area (Å²) in [5.41, 5.74) is 0.167. The molecule has 6 heteroatoms. The van der Waals surface area contributed by atoms with Crippen molar-refractivity contribution in [3.05, 3.63) is 29.8 Å². The number of thioether (sulfide) groups is 1. The van der Waals surface area contributed by atoms with Gasteiger partial charge in [-0.15, -0.1) is 0 Å². The predicted molar refractivity (Wildman–Crippen MR) is 73.9 cm³/mol. The van der Waals surface area contributed by atoms with Gasteiger partial charge in [0.15, 0.2) is 0 Å². The highest BCUT2D eigenvalue weighted by Crippen LogP contribution is 2.15. The van der Waals surface area contributed by atoms with E-state index in [1.807, 2.05) is 19.9 Å². The van der Waals surface area contributed by atoms with E-state index in [2.05, 4.69) is 4.72 Å². The molecule has 18 heavy (non-hydrogen) atoms. The zero-order chi connectivity index (χ0) is 13.6. The number of nitrogens with one attached hydrogen (secondary N) is 1. The van der Waals surface area contributed by atoms with Crippen molar-refractivity contribution in [3.8, 4) is 6.07 Å². The zero-order valence-corrected chi connectivity index (χ0v) is 12.0. The summed E-state index contributed by atoms with van der Waals surface area (Å²) < 4.78 is 26.8. The average Bonchev–Trinajstić information content (AvgIpc) is 2.35. The Balaban J connectivity index is 2.90. The monoisotopic (exact) mass is 284 g/mol. The van der Waals surface area contributed by atoms with Crippen LogP contribution in [0.1, 0.15) is 19.4 Å². The van der Waals surface area contributed by atoms with Gasteiger partial charge in [0.1, 0.15) is 6.07 Å². The van der Waals surface area contributed by atoms with E-state index in [4.69, 9.17) is 5.26 Å². The molecule has 98 valence electrons. The van der Waals surface area contributed by atoms with Crippen LogP contribution in [0.5, 0.6) is 0 Å². The van der Waals surface area contributed by atoms with Gasteiger partial charge >= 0.3 is 0 Å². The van der Waals surface area contributed by atoms with Crippen LogP contribution in [0, 0.1) is 11.3 Å². The van der Waals surface area contributed by atoms with Gasteiger partial charge in [0.05, 0.1) is 10.5 Å². The molecule has 0 aliphatic carbocycles. The zero-order valence-electron chi connectivity index (χ0n) is 10.4. The van der Waals surface area contributed by atoms with Crippen molar-refractivity contribution in [2.24, 2.45) is 0 Å². The largest absolute Gasteiger partial charge is 0.242 e. The number of hydrogen-bond donors (Lipinski definition) is 1. The van der Waals surface area contributed by atoms with E-state index in [1.165, 1.54) is 12.1 Å². The lowest BCUT2D eigenvalue weighted by atomic mass is 10.2. The lowest BCUT2D eigenvalue weighted by Gasteiger charge is -2.14. The lowest BCUT2D eigenvalue weighted by molar-refractivity contribution is 0.571. The smallest absolute Gasteiger partial charge is 0.207 e. The van der Waals surface area contributed by atoms with Crippen molar-refractivity contribution < 1.29 is 8.42 Å². The number of sulfonamides is 1. The molecule has 0 saturated heterocycles. The molecule has 1 N–H and O–H groups in total. The maximum atomic E-state index is 12.1. The van der Waals surface area contributed by atoms with E-state index < -0.39 is 10.0 Å². The summed E-state index contributed by atoms with van der Waals surface area (Å²) in [6.45, 7) is 3.84. The fraction of sp³-hybridized carbons (Fsp3) is 0.417. The predicted octanol–water partition coefficient (Wildman–Crippen LogP) is 1.98. The van der Waals surface area contributed by atoms with Gasteiger partial charge in [0.25, 0.3) is 0 Å². The Bertz CT molecular complexity index is 535. The molecule has 0 amide bonds. The highest BCUT2D eigenvalue weighted by molar-refractivity contribution is 7.99. The molecule has 0 spiro atoms.